The Bertz CT molecular complexity index is 379. The van der Waals surface area contributed by atoms with Gasteiger partial charge < -0.3 is 15.0 Å². The summed E-state index contributed by atoms with van der Waals surface area (Å²) in [5, 5.41) is 2.97. The molecule has 0 atom stereocenters. The number of ether oxygens (including phenoxy) is 1. The molecule has 8 heteroatoms. The number of alkyl halides is 3. The molecule has 0 radical (unpaired) electrons. The van der Waals surface area contributed by atoms with Crippen LogP contribution >= 0.6 is 0 Å². The van der Waals surface area contributed by atoms with Gasteiger partial charge in [-0.05, 0) is 25.7 Å². The van der Waals surface area contributed by atoms with Gasteiger partial charge in [0.25, 0.3) is 0 Å². The van der Waals surface area contributed by atoms with Gasteiger partial charge in [0.15, 0.2) is 0 Å². The minimum atomic E-state index is -4.94. The van der Waals surface area contributed by atoms with Crippen molar-refractivity contribution < 1.29 is 27.5 Å². The van der Waals surface area contributed by atoms with Gasteiger partial charge in [-0.2, -0.15) is 13.2 Å². The van der Waals surface area contributed by atoms with Gasteiger partial charge in [-0.3, -0.25) is 4.79 Å². The molecule has 1 saturated heterocycles. The predicted octanol–water partition coefficient (Wildman–Crippen LogP) is 0.835. The normalized spacial score (nSPS) is 28.4. The van der Waals surface area contributed by atoms with E-state index in [0.717, 1.165) is 6.54 Å². The Balaban J connectivity index is 1.80. The van der Waals surface area contributed by atoms with Gasteiger partial charge in [0, 0.05) is 19.1 Å². The highest BCUT2D eigenvalue weighted by Gasteiger charge is 2.43. The molecule has 114 valence electrons. The lowest BCUT2D eigenvalue weighted by atomic mass is 9.91. The standard InChI is InChI=1S/C12H17F3N2O3/c13-12(14,15)11(19)20-9-3-1-8(2-4-9)17-6-5-16-7-10(17)18/h8-9,16H,1-7H2/t8-,9+. The van der Waals surface area contributed by atoms with Crippen LogP contribution in [0.3, 0.4) is 0 Å². The molecule has 20 heavy (non-hydrogen) atoms. The second-order valence-corrected chi connectivity index (χ2v) is 5.10. The summed E-state index contributed by atoms with van der Waals surface area (Å²) in [6.07, 6.45) is -3.76. The zero-order valence-corrected chi connectivity index (χ0v) is 10.9. The number of carbonyl (C=O) groups is 2. The van der Waals surface area contributed by atoms with Crippen LogP contribution in [0.1, 0.15) is 25.7 Å². The van der Waals surface area contributed by atoms with E-state index in [2.05, 4.69) is 10.1 Å². The van der Waals surface area contributed by atoms with Gasteiger partial charge >= 0.3 is 12.1 Å². The first kappa shape index (κ1) is 15.1. The fraction of sp³-hybridized carbons (Fsp3) is 0.833. The molecule has 1 heterocycles. The number of hydrogen-bond donors (Lipinski definition) is 1. The predicted molar refractivity (Wildman–Crippen MR) is 62.8 cm³/mol. The Labute approximate surface area is 114 Å². The minimum absolute atomic E-state index is 0.0204. The molecule has 1 aliphatic heterocycles. The highest BCUT2D eigenvalue weighted by atomic mass is 19.4. The number of rotatable bonds is 2. The van der Waals surface area contributed by atoms with Crippen molar-refractivity contribution in [3.63, 3.8) is 0 Å². The van der Waals surface area contributed by atoms with Gasteiger partial charge in [0.1, 0.15) is 6.10 Å². The summed E-state index contributed by atoms with van der Waals surface area (Å²) in [4.78, 5) is 24.2. The number of carbonyl (C=O) groups excluding carboxylic acids is 2. The highest BCUT2D eigenvalue weighted by molar-refractivity contribution is 5.79. The van der Waals surface area contributed by atoms with Crippen LogP contribution in [0.25, 0.3) is 0 Å². The Morgan fingerprint density at radius 1 is 1.25 bits per heavy atom. The molecule has 5 nitrogen and oxygen atoms in total. The van der Waals surface area contributed by atoms with Crippen LogP contribution in [0.5, 0.6) is 0 Å². The van der Waals surface area contributed by atoms with Crippen LogP contribution in [0.2, 0.25) is 0 Å². The first-order valence-electron chi connectivity index (χ1n) is 6.66. The minimum Gasteiger partial charge on any atom is -0.456 e. The van der Waals surface area contributed by atoms with Gasteiger partial charge in [-0.25, -0.2) is 4.79 Å². The third-order valence-electron chi connectivity index (χ3n) is 3.72. The van der Waals surface area contributed by atoms with E-state index < -0.39 is 18.2 Å². The van der Waals surface area contributed by atoms with Crippen LogP contribution < -0.4 is 5.32 Å². The molecule has 2 rings (SSSR count). The molecule has 0 unspecified atom stereocenters. The van der Waals surface area contributed by atoms with E-state index >= 15 is 0 Å². The quantitative estimate of drug-likeness (QED) is 0.767. The lowest BCUT2D eigenvalue weighted by Crippen LogP contribution is -2.53. The van der Waals surface area contributed by atoms with E-state index in [1.807, 2.05) is 0 Å². The molecule has 0 aromatic rings. The Morgan fingerprint density at radius 2 is 1.90 bits per heavy atom. The number of piperazine rings is 1. The molecule has 1 saturated carbocycles. The molecule has 0 bridgehead atoms. The number of nitrogens with zero attached hydrogens (tertiary/aromatic N) is 1. The summed E-state index contributed by atoms with van der Waals surface area (Å²) in [6.45, 7) is 1.66. The summed E-state index contributed by atoms with van der Waals surface area (Å²) < 4.78 is 40.7. The SMILES string of the molecule is O=C1CNCCN1[C@H]1CC[C@@H](OC(=O)C(F)(F)F)CC1. The fourth-order valence-electron chi connectivity index (χ4n) is 2.70. The van der Waals surface area contributed by atoms with Gasteiger partial charge in [0.05, 0.1) is 6.54 Å². The molecular weight excluding hydrogens is 277 g/mol. The van der Waals surface area contributed by atoms with Crippen molar-refractivity contribution in [1.82, 2.24) is 10.2 Å². The Morgan fingerprint density at radius 3 is 2.45 bits per heavy atom. The van der Waals surface area contributed by atoms with Crippen LogP contribution in [0, 0.1) is 0 Å². The number of nitrogens with one attached hydrogen (secondary N) is 1. The van der Waals surface area contributed by atoms with E-state index in [4.69, 9.17) is 0 Å². The highest BCUT2D eigenvalue weighted by Crippen LogP contribution is 2.27. The maximum Gasteiger partial charge on any atom is 0.490 e. The summed E-state index contributed by atoms with van der Waals surface area (Å²) >= 11 is 0. The van der Waals surface area contributed by atoms with Gasteiger partial charge in [-0.1, -0.05) is 0 Å². The zero-order chi connectivity index (χ0) is 14.8. The van der Waals surface area contributed by atoms with Crippen LogP contribution in [0.4, 0.5) is 13.2 Å². The van der Waals surface area contributed by atoms with Crippen molar-refractivity contribution in [2.45, 2.75) is 44.0 Å². The summed E-state index contributed by atoms with van der Waals surface area (Å²) in [5.74, 6) is -2.11. The average molecular weight is 294 g/mol. The molecule has 1 N–H and O–H groups in total. The van der Waals surface area contributed by atoms with Crippen LogP contribution in [-0.2, 0) is 14.3 Å². The smallest absolute Gasteiger partial charge is 0.456 e. The Hall–Kier alpha value is -1.31. The number of esters is 1. The van der Waals surface area contributed by atoms with E-state index in [-0.39, 0.29) is 11.9 Å². The van der Waals surface area contributed by atoms with Crippen molar-refractivity contribution in [3.05, 3.63) is 0 Å². The zero-order valence-electron chi connectivity index (χ0n) is 10.9. The molecule has 2 fully saturated rings. The van der Waals surface area contributed by atoms with Crippen molar-refractivity contribution >= 4 is 11.9 Å². The first-order chi connectivity index (χ1) is 9.38. The fourth-order valence-corrected chi connectivity index (χ4v) is 2.70. The molecule has 1 amide bonds. The Kier molecular flexibility index (Phi) is 4.52. The third kappa shape index (κ3) is 3.62. The summed E-state index contributed by atoms with van der Waals surface area (Å²) in [5.41, 5.74) is 0. The monoisotopic (exact) mass is 294 g/mol. The van der Waals surface area contributed by atoms with Crippen LogP contribution in [0.15, 0.2) is 0 Å². The molecular formula is C12H17F3N2O3. The van der Waals surface area contributed by atoms with E-state index in [1.54, 1.807) is 4.90 Å². The largest absolute Gasteiger partial charge is 0.490 e. The topological polar surface area (TPSA) is 58.6 Å². The van der Waals surface area contributed by atoms with Crippen molar-refractivity contribution in [3.8, 4) is 0 Å². The van der Waals surface area contributed by atoms with Crippen molar-refractivity contribution in [2.75, 3.05) is 19.6 Å². The van der Waals surface area contributed by atoms with Crippen LogP contribution in [-0.4, -0.2) is 54.7 Å². The molecule has 1 aliphatic carbocycles. The summed E-state index contributed by atoms with van der Waals surface area (Å²) in [6, 6.07) is 0.0467. The second-order valence-electron chi connectivity index (χ2n) is 5.10. The molecule has 0 spiro atoms. The third-order valence-corrected chi connectivity index (χ3v) is 3.72. The van der Waals surface area contributed by atoms with Gasteiger partial charge in [0.2, 0.25) is 5.91 Å². The summed E-state index contributed by atoms with van der Waals surface area (Å²) in [7, 11) is 0. The van der Waals surface area contributed by atoms with Crippen molar-refractivity contribution in [2.24, 2.45) is 0 Å². The van der Waals surface area contributed by atoms with E-state index in [0.29, 0.717) is 38.8 Å². The van der Waals surface area contributed by atoms with E-state index in [9.17, 15) is 22.8 Å². The van der Waals surface area contributed by atoms with Gasteiger partial charge in [-0.15, -0.1) is 0 Å². The lowest BCUT2D eigenvalue weighted by molar-refractivity contribution is -0.206. The lowest BCUT2D eigenvalue weighted by Gasteiger charge is -2.38. The average Bonchev–Trinajstić information content (AvgIpc) is 2.39. The molecule has 0 aromatic heterocycles. The van der Waals surface area contributed by atoms with E-state index in [1.165, 1.54) is 0 Å². The second kappa shape index (κ2) is 5.99. The molecule has 2 aliphatic rings. The molecule has 0 aromatic carbocycles. The maximum atomic E-state index is 12.1. The number of hydrogen-bond acceptors (Lipinski definition) is 4. The number of amides is 1. The first-order valence-corrected chi connectivity index (χ1v) is 6.66. The van der Waals surface area contributed by atoms with Crippen molar-refractivity contribution in [1.29, 1.82) is 0 Å². The number of halogens is 3. The maximum absolute atomic E-state index is 12.1.